The molecule has 4 aromatic rings. The second-order valence-corrected chi connectivity index (χ2v) is 14.6. The van der Waals surface area contributed by atoms with Crippen molar-refractivity contribution in [3.8, 4) is 34.0 Å². The van der Waals surface area contributed by atoms with Crippen molar-refractivity contribution in [2.45, 2.75) is 77.5 Å². The number of likely N-dealkylation sites (tertiary alicyclic amines) is 2. The number of imidazole rings is 2. The largest absolute Gasteiger partial charge is 0.457 e. The molecule has 292 valence electrons. The maximum Gasteiger partial charge on any atom is 0.407 e. The number of benzene rings is 2. The lowest BCUT2D eigenvalue weighted by atomic mass is 10.0. The highest BCUT2D eigenvalue weighted by Crippen LogP contribution is 2.35. The zero-order valence-electron chi connectivity index (χ0n) is 32.1. The molecule has 0 radical (unpaired) electrons. The Kier molecular flexibility index (Phi) is 12.1. The lowest BCUT2D eigenvalue weighted by Crippen LogP contribution is -2.51. The van der Waals surface area contributed by atoms with Crippen LogP contribution in [-0.2, 0) is 19.1 Å². The van der Waals surface area contributed by atoms with Crippen LogP contribution in [0.15, 0.2) is 60.9 Å². The second-order valence-electron chi connectivity index (χ2n) is 14.6. The van der Waals surface area contributed by atoms with Gasteiger partial charge in [-0.3, -0.25) is 9.59 Å². The van der Waals surface area contributed by atoms with Gasteiger partial charge in [-0.15, -0.1) is 0 Å². The van der Waals surface area contributed by atoms with Crippen LogP contribution in [0.4, 0.5) is 9.59 Å². The lowest BCUT2D eigenvalue weighted by Gasteiger charge is -2.30. The predicted octanol–water partition coefficient (Wildman–Crippen LogP) is 6.35. The number of H-pyrrole nitrogens is 2. The third-order valence-electron chi connectivity index (χ3n) is 10.2. The van der Waals surface area contributed by atoms with E-state index in [4.69, 9.17) is 14.2 Å². The van der Waals surface area contributed by atoms with E-state index < -0.39 is 24.3 Å². The van der Waals surface area contributed by atoms with E-state index in [0.29, 0.717) is 36.2 Å². The number of carbonyl (C=O) groups is 4. The van der Waals surface area contributed by atoms with E-state index in [0.717, 1.165) is 48.2 Å². The molecule has 2 fully saturated rings. The van der Waals surface area contributed by atoms with Gasteiger partial charge in [0.15, 0.2) is 0 Å². The molecule has 2 aliphatic heterocycles. The molecule has 0 spiro atoms. The second kappa shape index (κ2) is 17.1. The standard InChI is InChI=1S/C40H50N8O7/c1-23(2)33(45-39(51)53-5)37(49)47-19-7-9-31(47)35-41-21-29(43-35)25-11-15-27(16-12-25)55-28-17-13-26(14-18-28)30-22-42-36(44-30)32-10-8-20-48(32)38(50)34(24(3)4)46-40(52)54-6/h11-18,21-24,31-34H,7-10,19-20H2,1-6H3,(H,41,43)(H,42,44)(H,45,51)(H,46,52)/t31-,32-,33-,34+/m0/s1. The van der Waals surface area contributed by atoms with E-state index in [1.54, 1.807) is 22.2 Å². The fourth-order valence-corrected chi connectivity index (χ4v) is 7.23. The summed E-state index contributed by atoms with van der Waals surface area (Å²) < 4.78 is 15.6. The molecule has 0 aliphatic carbocycles. The molecule has 0 unspecified atom stereocenters. The number of aromatic amines is 2. The Bertz CT molecular complexity index is 1820. The molecule has 4 N–H and O–H groups in total. The van der Waals surface area contributed by atoms with Crippen LogP contribution >= 0.6 is 0 Å². The molecule has 4 amide bonds. The number of carbonyl (C=O) groups excluding carboxylic acids is 4. The van der Waals surface area contributed by atoms with Gasteiger partial charge in [-0.2, -0.15) is 0 Å². The number of alkyl carbamates (subject to hydrolysis) is 2. The maximum absolute atomic E-state index is 13.5. The number of amides is 4. The minimum Gasteiger partial charge on any atom is -0.457 e. The Hall–Kier alpha value is -5.86. The first-order chi connectivity index (χ1) is 26.5. The fraction of sp³-hybridized carbons (Fsp3) is 0.450. The van der Waals surface area contributed by atoms with E-state index in [-0.39, 0.29) is 35.7 Å². The molecule has 15 nitrogen and oxygen atoms in total. The number of rotatable bonds is 12. The van der Waals surface area contributed by atoms with Crippen LogP contribution < -0.4 is 15.4 Å². The molecule has 2 aromatic carbocycles. The van der Waals surface area contributed by atoms with Gasteiger partial charge in [0.1, 0.15) is 35.2 Å². The Morgan fingerprint density at radius 3 is 1.38 bits per heavy atom. The summed E-state index contributed by atoms with van der Waals surface area (Å²) in [6.07, 6.45) is 5.49. The topological polar surface area (TPSA) is 184 Å². The highest BCUT2D eigenvalue weighted by molar-refractivity contribution is 5.87. The number of methoxy groups -OCH3 is 2. The third-order valence-corrected chi connectivity index (χ3v) is 10.2. The normalized spacial score (nSPS) is 18.0. The first kappa shape index (κ1) is 38.9. The molecule has 4 atom stereocenters. The Labute approximate surface area is 320 Å². The van der Waals surface area contributed by atoms with E-state index in [1.165, 1.54) is 14.2 Å². The highest BCUT2D eigenvalue weighted by Gasteiger charge is 2.39. The highest BCUT2D eigenvalue weighted by atomic mass is 16.5. The average molecular weight is 755 g/mol. The molecular weight excluding hydrogens is 704 g/mol. The van der Waals surface area contributed by atoms with Crippen molar-refractivity contribution in [1.29, 1.82) is 0 Å². The van der Waals surface area contributed by atoms with Gasteiger partial charge in [-0.25, -0.2) is 19.6 Å². The van der Waals surface area contributed by atoms with Crippen molar-refractivity contribution in [3.05, 3.63) is 72.6 Å². The summed E-state index contributed by atoms with van der Waals surface area (Å²) in [6.45, 7) is 8.74. The van der Waals surface area contributed by atoms with Gasteiger partial charge in [-0.1, -0.05) is 27.7 Å². The quantitative estimate of drug-likeness (QED) is 0.128. The molecule has 2 aromatic heterocycles. The van der Waals surface area contributed by atoms with E-state index in [1.807, 2.05) is 76.2 Å². The van der Waals surface area contributed by atoms with Gasteiger partial charge in [0.05, 0.1) is 50.1 Å². The van der Waals surface area contributed by atoms with Gasteiger partial charge in [-0.05, 0) is 97.2 Å². The van der Waals surface area contributed by atoms with Crippen LogP contribution in [0.5, 0.6) is 11.5 Å². The Balaban J connectivity index is 1.07. The first-order valence-corrected chi connectivity index (χ1v) is 18.8. The molecular formula is C40H50N8O7. The number of hydrogen-bond donors (Lipinski definition) is 4. The number of nitrogens with zero attached hydrogens (tertiary/aromatic N) is 4. The molecule has 2 saturated heterocycles. The molecule has 0 saturated carbocycles. The van der Waals surface area contributed by atoms with Gasteiger partial charge in [0.2, 0.25) is 11.8 Å². The van der Waals surface area contributed by atoms with Gasteiger partial charge in [0.25, 0.3) is 0 Å². The molecule has 2 aliphatic rings. The van der Waals surface area contributed by atoms with Crippen molar-refractivity contribution in [1.82, 2.24) is 40.4 Å². The predicted molar refractivity (Wildman–Crippen MR) is 204 cm³/mol. The maximum atomic E-state index is 13.5. The van der Waals surface area contributed by atoms with Crippen LogP contribution in [0.1, 0.15) is 77.1 Å². The Morgan fingerprint density at radius 1 is 0.655 bits per heavy atom. The SMILES string of the molecule is COC(=O)N[C@H](C(=O)N1CCC[C@H]1c1ncc(-c2ccc(Oc3ccc(-c4cnc([C@@H]5CCCN5C(=O)[C@H](NC(=O)OC)C(C)C)[nH]4)cc3)cc2)[nH]1)C(C)C. The minimum atomic E-state index is -0.695. The Morgan fingerprint density at radius 2 is 1.04 bits per heavy atom. The van der Waals surface area contributed by atoms with Crippen LogP contribution in [-0.4, -0.2) is 93.1 Å². The average Bonchev–Trinajstić information content (AvgIpc) is 4.02. The summed E-state index contributed by atoms with van der Waals surface area (Å²) in [7, 11) is 2.57. The van der Waals surface area contributed by atoms with Crippen LogP contribution in [0, 0.1) is 11.8 Å². The smallest absolute Gasteiger partial charge is 0.407 e. The van der Waals surface area contributed by atoms with Crippen molar-refractivity contribution in [3.63, 3.8) is 0 Å². The first-order valence-electron chi connectivity index (χ1n) is 18.8. The van der Waals surface area contributed by atoms with Gasteiger partial charge < -0.3 is 44.6 Å². The number of nitrogens with one attached hydrogen (secondary N) is 4. The molecule has 4 heterocycles. The van der Waals surface area contributed by atoms with E-state index in [9.17, 15) is 19.2 Å². The monoisotopic (exact) mass is 754 g/mol. The van der Waals surface area contributed by atoms with Crippen molar-refractivity contribution in [2.75, 3.05) is 27.3 Å². The molecule has 6 rings (SSSR count). The van der Waals surface area contributed by atoms with Crippen molar-refractivity contribution < 1.29 is 33.4 Å². The number of ether oxygens (including phenoxy) is 3. The van der Waals surface area contributed by atoms with Crippen molar-refractivity contribution >= 4 is 24.0 Å². The van der Waals surface area contributed by atoms with E-state index in [2.05, 4.69) is 30.6 Å². The fourth-order valence-electron chi connectivity index (χ4n) is 7.23. The molecule has 15 heteroatoms. The summed E-state index contributed by atoms with van der Waals surface area (Å²) in [5, 5.41) is 5.37. The number of hydrogen-bond acceptors (Lipinski definition) is 9. The summed E-state index contributed by atoms with van der Waals surface area (Å²) in [4.78, 5) is 70.5. The summed E-state index contributed by atoms with van der Waals surface area (Å²) in [5.74, 6) is 2.21. The number of aromatic nitrogens is 4. The van der Waals surface area contributed by atoms with Crippen LogP contribution in [0.2, 0.25) is 0 Å². The molecule has 55 heavy (non-hydrogen) atoms. The third kappa shape index (κ3) is 8.76. The van der Waals surface area contributed by atoms with Crippen LogP contribution in [0.25, 0.3) is 22.5 Å². The summed E-state index contributed by atoms with van der Waals surface area (Å²) >= 11 is 0. The zero-order chi connectivity index (χ0) is 39.2. The van der Waals surface area contributed by atoms with Crippen LogP contribution in [0.3, 0.4) is 0 Å². The lowest BCUT2D eigenvalue weighted by molar-refractivity contribution is -0.136. The summed E-state index contributed by atoms with van der Waals surface area (Å²) in [6, 6.07) is 13.5. The molecule has 0 bridgehead atoms. The minimum absolute atomic E-state index is 0.111. The van der Waals surface area contributed by atoms with E-state index >= 15 is 0 Å². The van der Waals surface area contributed by atoms with Crippen molar-refractivity contribution in [2.24, 2.45) is 11.8 Å². The van der Waals surface area contributed by atoms with Gasteiger partial charge >= 0.3 is 12.2 Å². The van der Waals surface area contributed by atoms with Gasteiger partial charge in [0, 0.05) is 13.1 Å². The summed E-state index contributed by atoms with van der Waals surface area (Å²) in [5.41, 5.74) is 3.48. The zero-order valence-corrected chi connectivity index (χ0v) is 32.1.